The molecule has 5 rings (SSSR count). The van der Waals surface area contributed by atoms with E-state index in [-0.39, 0.29) is 23.9 Å². The number of benzene rings is 2. The van der Waals surface area contributed by atoms with Crippen molar-refractivity contribution in [2.24, 2.45) is 17.8 Å². The molecule has 2 saturated heterocycles. The van der Waals surface area contributed by atoms with Crippen LogP contribution in [0.4, 0.5) is 5.69 Å². The molecular weight excluding hydrogens is 470 g/mol. The number of piperidine rings is 1. The van der Waals surface area contributed by atoms with Crippen molar-refractivity contribution < 1.29 is 9.53 Å². The van der Waals surface area contributed by atoms with Crippen molar-refractivity contribution >= 4 is 11.7 Å². The molecule has 1 saturated carbocycles. The van der Waals surface area contributed by atoms with Crippen LogP contribution in [0.5, 0.6) is 0 Å². The summed E-state index contributed by atoms with van der Waals surface area (Å²) in [6.45, 7) is 11.3. The summed E-state index contributed by atoms with van der Waals surface area (Å²) < 4.78 is 5.82. The van der Waals surface area contributed by atoms with E-state index in [0.717, 1.165) is 76.8 Å². The third-order valence-electron chi connectivity index (χ3n) is 9.45. The van der Waals surface area contributed by atoms with E-state index in [0.29, 0.717) is 5.92 Å². The Balaban J connectivity index is 1.25. The van der Waals surface area contributed by atoms with E-state index in [2.05, 4.69) is 78.2 Å². The smallest absolute Gasteiger partial charge is 0.302 e. The molecule has 1 aliphatic carbocycles. The zero-order chi connectivity index (χ0) is 26.7. The normalized spacial score (nSPS) is 24.4. The predicted molar refractivity (Wildman–Crippen MR) is 152 cm³/mol. The van der Waals surface area contributed by atoms with E-state index in [1.165, 1.54) is 23.7 Å². The number of hydrogen-bond donors (Lipinski definition) is 0. The van der Waals surface area contributed by atoms with E-state index in [1.54, 1.807) is 0 Å². The zero-order valence-corrected chi connectivity index (χ0v) is 23.4. The van der Waals surface area contributed by atoms with Gasteiger partial charge in [-0.05, 0) is 87.7 Å². The van der Waals surface area contributed by atoms with Gasteiger partial charge in [-0.15, -0.1) is 0 Å². The van der Waals surface area contributed by atoms with Gasteiger partial charge < -0.3 is 14.5 Å². The number of likely N-dealkylation sites (tertiary alicyclic amines) is 1. The van der Waals surface area contributed by atoms with Crippen LogP contribution < -0.4 is 4.90 Å². The highest BCUT2D eigenvalue weighted by molar-refractivity contribution is 5.66. The molecule has 3 aliphatic rings. The average Bonchev–Trinajstić information content (AvgIpc) is 3.35. The summed E-state index contributed by atoms with van der Waals surface area (Å²) in [6.07, 6.45) is 5.75. The largest absolute Gasteiger partial charge is 0.462 e. The second-order valence-corrected chi connectivity index (χ2v) is 11.9. The third kappa shape index (κ3) is 5.34. The van der Waals surface area contributed by atoms with Gasteiger partial charge in [0, 0.05) is 44.1 Å². The molecular formula is C33H43N3O2. The third-order valence-corrected chi connectivity index (χ3v) is 9.45. The monoisotopic (exact) mass is 513 g/mol. The van der Waals surface area contributed by atoms with E-state index in [4.69, 9.17) is 4.74 Å². The SMILES string of the molecule is CCc1ccc(N2CC(CN3CCC(C(C#N)(c4cccc(C)c4)[C@@H]4CCC[C@H]4OC(C)=O)CC3)C2)cc1. The Labute approximate surface area is 228 Å². The minimum atomic E-state index is -0.618. The van der Waals surface area contributed by atoms with E-state index >= 15 is 0 Å². The van der Waals surface area contributed by atoms with Gasteiger partial charge in [-0.3, -0.25) is 4.79 Å². The van der Waals surface area contributed by atoms with Gasteiger partial charge in [0.15, 0.2) is 0 Å². The topological polar surface area (TPSA) is 56.6 Å². The van der Waals surface area contributed by atoms with Crippen molar-refractivity contribution in [3.8, 4) is 6.07 Å². The molecule has 0 amide bonds. The maximum absolute atomic E-state index is 11.9. The second-order valence-electron chi connectivity index (χ2n) is 11.9. The van der Waals surface area contributed by atoms with Gasteiger partial charge in [0.05, 0.1) is 11.5 Å². The summed E-state index contributed by atoms with van der Waals surface area (Å²) in [5, 5.41) is 10.9. The highest BCUT2D eigenvalue weighted by Crippen LogP contribution is 2.51. The molecule has 38 heavy (non-hydrogen) atoms. The fourth-order valence-corrected chi connectivity index (χ4v) is 7.47. The van der Waals surface area contributed by atoms with Gasteiger partial charge in [-0.2, -0.15) is 5.26 Å². The Morgan fingerprint density at radius 2 is 1.82 bits per heavy atom. The highest BCUT2D eigenvalue weighted by atomic mass is 16.5. The zero-order valence-electron chi connectivity index (χ0n) is 23.4. The number of nitriles is 1. The molecule has 0 bridgehead atoms. The van der Waals surface area contributed by atoms with E-state index < -0.39 is 5.41 Å². The first-order chi connectivity index (χ1) is 18.4. The Morgan fingerprint density at radius 3 is 2.45 bits per heavy atom. The maximum Gasteiger partial charge on any atom is 0.302 e. The van der Waals surface area contributed by atoms with E-state index in [1.807, 2.05) is 0 Å². The van der Waals surface area contributed by atoms with Crippen molar-refractivity contribution in [3.05, 3.63) is 65.2 Å². The molecule has 0 N–H and O–H groups in total. The van der Waals surface area contributed by atoms with Gasteiger partial charge in [-0.25, -0.2) is 0 Å². The van der Waals surface area contributed by atoms with Crippen LogP contribution in [0.2, 0.25) is 0 Å². The second kappa shape index (κ2) is 11.5. The van der Waals surface area contributed by atoms with Crippen molar-refractivity contribution in [2.45, 2.75) is 70.8 Å². The number of ether oxygens (including phenoxy) is 1. The van der Waals surface area contributed by atoms with Gasteiger partial charge in [0.2, 0.25) is 0 Å². The Hall–Kier alpha value is -2.84. The number of carbonyl (C=O) groups is 1. The Kier molecular flexibility index (Phi) is 8.09. The van der Waals surface area contributed by atoms with Crippen LogP contribution in [-0.2, 0) is 21.4 Å². The number of anilines is 1. The molecule has 5 nitrogen and oxygen atoms in total. The lowest BCUT2D eigenvalue weighted by molar-refractivity contribution is -0.149. The first-order valence-corrected chi connectivity index (χ1v) is 14.6. The van der Waals surface area contributed by atoms with Crippen LogP contribution in [0.3, 0.4) is 0 Å². The predicted octanol–water partition coefficient (Wildman–Crippen LogP) is 5.90. The summed E-state index contributed by atoms with van der Waals surface area (Å²) in [5.74, 6) is 0.789. The lowest BCUT2D eigenvalue weighted by Gasteiger charge is -2.48. The van der Waals surface area contributed by atoms with Gasteiger partial charge in [0.25, 0.3) is 0 Å². The van der Waals surface area contributed by atoms with Crippen LogP contribution in [0.15, 0.2) is 48.5 Å². The Bertz CT molecular complexity index is 1140. The minimum Gasteiger partial charge on any atom is -0.462 e. The number of hydrogen-bond acceptors (Lipinski definition) is 5. The van der Waals surface area contributed by atoms with Gasteiger partial charge in [-0.1, -0.05) is 48.9 Å². The summed E-state index contributed by atoms with van der Waals surface area (Å²) in [6, 6.07) is 20.4. The van der Waals surface area contributed by atoms with Gasteiger partial charge >= 0.3 is 5.97 Å². The lowest BCUT2D eigenvalue weighted by atomic mass is 9.59. The minimum absolute atomic E-state index is 0.0500. The first kappa shape index (κ1) is 26.8. The van der Waals surface area contributed by atoms with Crippen LogP contribution in [0, 0.1) is 36.0 Å². The molecule has 2 aliphatic heterocycles. The summed E-state index contributed by atoms with van der Waals surface area (Å²) >= 11 is 0. The van der Waals surface area contributed by atoms with Gasteiger partial charge in [0.1, 0.15) is 6.10 Å². The maximum atomic E-state index is 11.9. The molecule has 3 atom stereocenters. The number of nitrogens with zero attached hydrogens (tertiary/aromatic N) is 3. The molecule has 1 unspecified atom stereocenters. The molecule has 0 radical (unpaired) electrons. The molecule has 3 fully saturated rings. The number of aryl methyl sites for hydroxylation is 2. The molecule has 2 aromatic rings. The van der Waals surface area contributed by atoms with Crippen molar-refractivity contribution in [2.75, 3.05) is 37.6 Å². The molecule has 5 heteroatoms. The summed E-state index contributed by atoms with van der Waals surface area (Å²) in [4.78, 5) is 17.0. The Morgan fingerprint density at radius 1 is 1.08 bits per heavy atom. The van der Waals surface area contributed by atoms with Crippen molar-refractivity contribution in [1.82, 2.24) is 4.90 Å². The van der Waals surface area contributed by atoms with E-state index in [9.17, 15) is 10.1 Å². The van der Waals surface area contributed by atoms with Crippen LogP contribution >= 0.6 is 0 Å². The fraction of sp³-hybridized carbons (Fsp3) is 0.576. The molecule has 2 heterocycles. The lowest BCUT2D eigenvalue weighted by Crippen LogP contribution is -2.54. The number of esters is 1. The highest BCUT2D eigenvalue weighted by Gasteiger charge is 2.53. The summed E-state index contributed by atoms with van der Waals surface area (Å²) in [7, 11) is 0. The molecule has 0 aromatic heterocycles. The standard InChI is InChI=1S/C33H43N3O2/c1-4-26-11-13-30(14-12-26)36-21-27(22-36)20-35-17-15-28(16-18-35)33(23-34,29-8-5-7-24(2)19-29)31-9-6-10-32(31)38-25(3)37/h5,7-8,11-14,19,27-28,31-32H,4,6,9-10,15-18,20-22H2,1-3H3/t31-,32-,33?/m1/s1. The van der Waals surface area contributed by atoms with Crippen LogP contribution in [0.25, 0.3) is 0 Å². The number of carbonyl (C=O) groups excluding carboxylic acids is 1. The van der Waals surface area contributed by atoms with Crippen LogP contribution in [-0.4, -0.2) is 49.7 Å². The first-order valence-electron chi connectivity index (χ1n) is 14.6. The molecule has 202 valence electrons. The average molecular weight is 514 g/mol. The van der Waals surface area contributed by atoms with Crippen LogP contribution in [0.1, 0.15) is 62.6 Å². The van der Waals surface area contributed by atoms with Crippen molar-refractivity contribution in [3.63, 3.8) is 0 Å². The quantitative estimate of drug-likeness (QED) is 0.412. The molecule has 0 spiro atoms. The number of rotatable bonds is 8. The molecule has 2 aromatic carbocycles. The summed E-state index contributed by atoms with van der Waals surface area (Å²) in [5.41, 5.74) is 4.41. The van der Waals surface area contributed by atoms with Crippen molar-refractivity contribution in [1.29, 1.82) is 5.26 Å². The fourth-order valence-electron chi connectivity index (χ4n) is 7.47.